The van der Waals surface area contributed by atoms with E-state index in [1.54, 1.807) is 18.2 Å². The summed E-state index contributed by atoms with van der Waals surface area (Å²) in [5.41, 5.74) is 7.65. The van der Waals surface area contributed by atoms with Gasteiger partial charge in [-0.2, -0.15) is 0 Å². The van der Waals surface area contributed by atoms with Crippen LogP contribution in [0, 0.1) is 0 Å². The lowest BCUT2D eigenvalue weighted by Gasteiger charge is -2.25. The maximum Gasteiger partial charge on any atom is 0.410 e. The Bertz CT molecular complexity index is 1070. The summed E-state index contributed by atoms with van der Waals surface area (Å²) in [5.74, 6) is -0.778. The summed E-state index contributed by atoms with van der Waals surface area (Å²) in [6, 6.07) is 10.5. The Labute approximate surface area is 217 Å². The molecular formula is C24H28BrClN4O5. The van der Waals surface area contributed by atoms with Crippen LogP contribution in [-0.2, 0) is 16.1 Å². The van der Waals surface area contributed by atoms with E-state index < -0.39 is 5.91 Å². The molecule has 188 valence electrons. The number of aliphatic hydroxyl groups excluding tert-OH is 1. The molecule has 4 rings (SSSR count). The Balaban J connectivity index is 0.000000281. The maximum absolute atomic E-state index is 12.5. The first-order valence-corrected chi connectivity index (χ1v) is 12.4. The Morgan fingerprint density at radius 1 is 1.23 bits per heavy atom. The van der Waals surface area contributed by atoms with E-state index in [1.807, 2.05) is 17.0 Å². The third kappa shape index (κ3) is 7.58. The van der Waals surface area contributed by atoms with E-state index in [9.17, 15) is 14.4 Å². The molecule has 2 aromatic carbocycles. The monoisotopic (exact) mass is 566 g/mol. The molecule has 5 N–H and O–H groups in total. The molecule has 9 nitrogen and oxygen atoms in total. The highest BCUT2D eigenvalue weighted by molar-refractivity contribution is 9.10. The zero-order valence-corrected chi connectivity index (χ0v) is 21.4. The Morgan fingerprint density at radius 3 is 2.66 bits per heavy atom. The smallest absolute Gasteiger partial charge is 0.410 e. The lowest BCUT2D eigenvalue weighted by molar-refractivity contribution is -0.116. The van der Waals surface area contributed by atoms with Gasteiger partial charge in [0.25, 0.3) is 5.91 Å². The van der Waals surface area contributed by atoms with Crippen LogP contribution in [0.25, 0.3) is 0 Å². The number of aliphatic hydroxyl groups is 1. The molecule has 0 spiro atoms. The minimum Gasteiger partial charge on any atom is -0.447 e. The van der Waals surface area contributed by atoms with Gasteiger partial charge in [-0.3, -0.25) is 9.59 Å². The first-order chi connectivity index (χ1) is 16.8. The summed E-state index contributed by atoms with van der Waals surface area (Å²) in [7, 11) is 0. The van der Waals surface area contributed by atoms with E-state index in [0.29, 0.717) is 40.1 Å². The van der Waals surface area contributed by atoms with Crippen molar-refractivity contribution in [2.24, 2.45) is 0 Å². The number of halogens is 2. The highest BCUT2D eigenvalue weighted by Crippen LogP contribution is 2.28. The number of rotatable bonds is 6. The summed E-state index contributed by atoms with van der Waals surface area (Å²) in [6.45, 7) is 1.55. The normalized spacial score (nSPS) is 16.5. The SMILES string of the molecule is Nc1cc(C(=O)NCc2ccc(Cl)cc2)c(NC(=O)CCO)cc1Br.O=C1OCC2CCCCN12. The maximum atomic E-state index is 12.5. The Kier molecular flexibility index (Phi) is 9.76. The van der Waals surface area contributed by atoms with Gasteiger partial charge in [0, 0.05) is 28.3 Å². The number of hydrogen-bond acceptors (Lipinski definition) is 6. The first kappa shape index (κ1) is 26.8. The topological polar surface area (TPSA) is 134 Å². The number of amides is 3. The van der Waals surface area contributed by atoms with Crippen molar-refractivity contribution in [3.63, 3.8) is 0 Å². The quantitative estimate of drug-likeness (QED) is 0.391. The van der Waals surface area contributed by atoms with Gasteiger partial charge in [0.2, 0.25) is 5.91 Å². The number of nitrogens with one attached hydrogen (secondary N) is 2. The number of nitrogen functional groups attached to an aromatic ring is 1. The van der Waals surface area contributed by atoms with Crippen molar-refractivity contribution in [3.8, 4) is 0 Å². The van der Waals surface area contributed by atoms with Crippen molar-refractivity contribution >= 4 is 56.8 Å². The minimum atomic E-state index is -0.397. The van der Waals surface area contributed by atoms with Crippen LogP contribution in [0.3, 0.4) is 0 Å². The number of benzene rings is 2. The fourth-order valence-electron chi connectivity index (χ4n) is 3.74. The lowest BCUT2D eigenvalue weighted by atomic mass is 10.0. The van der Waals surface area contributed by atoms with E-state index in [1.165, 1.54) is 12.5 Å². The van der Waals surface area contributed by atoms with Crippen molar-refractivity contribution in [2.45, 2.75) is 38.3 Å². The molecule has 2 aliphatic heterocycles. The zero-order valence-electron chi connectivity index (χ0n) is 19.1. The molecule has 0 aromatic heterocycles. The number of ether oxygens (including phenoxy) is 1. The van der Waals surface area contributed by atoms with Crippen LogP contribution in [-0.4, -0.2) is 53.7 Å². The van der Waals surface area contributed by atoms with Crippen molar-refractivity contribution in [2.75, 3.05) is 30.8 Å². The van der Waals surface area contributed by atoms with Crippen LogP contribution in [0.2, 0.25) is 5.02 Å². The molecule has 0 radical (unpaired) electrons. The highest BCUT2D eigenvalue weighted by atomic mass is 79.9. The van der Waals surface area contributed by atoms with Gasteiger partial charge in [-0.05, 0) is 65.0 Å². The van der Waals surface area contributed by atoms with Gasteiger partial charge >= 0.3 is 6.09 Å². The largest absolute Gasteiger partial charge is 0.447 e. The average molecular weight is 568 g/mol. The number of carbonyl (C=O) groups is 3. The van der Waals surface area contributed by atoms with Gasteiger partial charge in [0.1, 0.15) is 6.61 Å². The average Bonchev–Trinajstić information content (AvgIpc) is 3.22. The van der Waals surface area contributed by atoms with Crippen molar-refractivity contribution in [1.29, 1.82) is 0 Å². The predicted molar refractivity (Wildman–Crippen MR) is 137 cm³/mol. The Hall–Kier alpha value is -2.82. The van der Waals surface area contributed by atoms with E-state index >= 15 is 0 Å². The van der Waals surface area contributed by atoms with Crippen LogP contribution >= 0.6 is 27.5 Å². The van der Waals surface area contributed by atoms with Crippen LogP contribution in [0.1, 0.15) is 41.6 Å². The molecule has 0 bridgehead atoms. The van der Waals surface area contributed by atoms with Crippen LogP contribution in [0.5, 0.6) is 0 Å². The summed E-state index contributed by atoms with van der Waals surface area (Å²) in [6.07, 6.45) is 3.35. The molecule has 2 heterocycles. The zero-order chi connectivity index (χ0) is 25.4. The number of anilines is 2. The van der Waals surface area contributed by atoms with Gasteiger partial charge in [-0.1, -0.05) is 23.7 Å². The number of piperidine rings is 1. The standard InChI is InChI=1S/C17H17BrClN3O3.C7H11NO2/c18-13-8-15(22-16(24)5-6-23)12(7-14(13)20)17(25)21-9-10-1-3-11(19)4-2-10;9-7-8-4-2-1-3-6(8)5-10-7/h1-4,7-8,23H,5-6,9,20H2,(H,21,25)(H,22,24);6H,1-5H2. The number of fused-ring (bicyclic) bond motifs is 1. The van der Waals surface area contributed by atoms with Gasteiger partial charge in [-0.25, -0.2) is 4.79 Å². The second-order valence-electron chi connectivity index (χ2n) is 8.17. The van der Waals surface area contributed by atoms with Crippen molar-refractivity contribution in [1.82, 2.24) is 10.2 Å². The van der Waals surface area contributed by atoms with Crippen molar-refractivity contribution < 1.29 is 24.2 Å². The van der Waals surface area contributed by atoms with E-state index in [4.69, 9.17) is 27.2 Å². The molecule has 2 fully saturated rings. The van der Waals surface area contributed by atoms with Crippen molar-refractivity contribution in [3.05, 3.63) is 57.0 Å². The molecule has 2 saturated heterocycles. The number of nitrogens with zero attached hydrogens (tertiary/aromatic N) is 1. The first-order valence-electron chi connectivity index (χ1n) is 11.2. The van der Waals surface area contributed by atoms with E-state index in [0.717, 1.165) is 24.9 Å². The predicted octanol–water partition coefficient (Wildman–Crippen LogP) is 3.93. The summed E-state index contributed by atoms with van der Waals surface area (Å²) in [5, 5.41) is 14.8. The second kappa shape index (κ2) is 12.8. The fourth-order valence-corrected chi connectivity index (χ4v) is 4.21. The Morgan fingerprint density at radius 2 is 1.97 bits per heavy atom. The molecule has 3 amide bonds. The van der Waals surface area contributed by atoms with Gasteiger partial charge in [-0.15, -0.1) is 0 Å². The molecule has 2 aliphatic rings. The van der Waals surface area contributed by atoms with Gasteiger partial charge in [0.15, 0.2) is 0 Å². The number of carbonyl (C=O) groups excluding carboxylic acids is 3. The molecule has 1 atom stereocenters. The minimum absolute atomic E-state index is 0.0617. The molecule has 11 heteroatoms. The number of cyclic esters (lactones) is 1. The highest BCUT2D eigenvalue weighted by Gasteiger charge is 2.34. The third-order valence-corrected chi connectivity index (χ3v) is 6.56. The van der Waals surface area contributed by atoms with Gasteiger partial charge in [0.05, 0.1) is 30.3 Å². The van der Waals surface area contributed by atoms with E-state index in [2.05, 4.69) is 26.6 Å². The number of nitrogens with two attached hydrogens (primary N) is 1. The number of hydrogen-bond donors (Lipinski definition) is 4. The van der Waals surface area contributed by atoms with Crippen LogP contribution in [0.4, 0.5) is 16.2 Å². The molecular weight excluding hydrogens is 540 g/mol. The molecule has 35 heavy (non-hydrogen) atoms. The summed E-state index contributed by atoms with van der Waals surface area (Å²) >= 11 is 9.10. The molecule has 2 aromatic rings. The van der Waals surface area contributed by atoms with Crippen LogP contribution < -0.4 is 16.4 Å². The van der Waals surface area contributed by atoms with Crippen LogP contribution in [0.15, 0.2) is 40.9 Å². The van der Waals surface area contributed by atoms with Gasteiger partial charge < -0.3 is 31.1 Å². The third-order valence-electron chi connectivity index (χ3n) is 5.62. The second-order valence-corrected chi connectivity index (χ2v) is 9.46. The summed E-state index contributed by atoms with van der Waals surface area (Å²) in [4.78, 5) is 37.0. The molecule has 0 saturated carbocycles. The molecule has 1 unspecified atom stereocenters. The van der Waals surface area contributed by atoms with E-state index in [-0.39, 0.29) is 30.6 Å². The lowest BCUT2D eigenvalue weighted by Crippen LogP contribution is -2.37. The molecule has 0 aliphatic carbocycles. The summed E-state index contributed by atoms with van der Waals surface area (Å²) < 4.78 is 5.44. The fraction of sp³-hybridized carbons (Fsp3) is 0.375.